The first-order chi connectivity index (χ1) is 8.99. The quantitative estimate of drug-likeness (QED) is 0.898. The van der Waals surface area contributed by atoms with Crippen molar-refractivity contribution >= 4 is 5.97 Å². The first-order valence-electron chi connectivity index (χ1n) is 6.63. The highest BCUT2D eigenvalue weighted by Gasteiger charge is 2.22. The van der Waals surface area contributed by atoms with E-state index in [0.29, 0.717) is 5.92 Å². The maximum Gasteiger partial charge on any atom is 0.310 e. The molecule has 0 saturated carbocycles. The number of carbonyl (C=O) groups is 1. The molecule has 5 heteroatoms. The van der Waals surface area contributed by atoms with Gasteiger partial charge in [-0.1, -0.05) is 0 Å². The zero-order valence-electron chi connectivity index (χ0n) is 11.6. The first-order valence-corrected chi connectivity index (χ1v) is 6.63. The lowest BCUT2D eigenvalue weighted by Gasteiger charge is -2.15. The fourth-order valence-corrected chi connectivity index (χ4v) is 2.64. The van der Waals surface area contributed by atoms with Crippen LogP contribution >= 0.6 is 0 Å². The van der Waals surface area contributed by atoms with Crippen LogP contribution in [0.25, 0.3) is 0 Å². The number of aliphatic carboxylic acids is 1. The maximum atomic E-state index is 11.1. The van der Waals surface area contributed by atoms with Crippen molar-refractivity contribution in [2.24, 2.45) is 5.92 Å². The van der Waals surface area contributed by atoms with E-state index in [4.69, 9.17) is 9.84 Å². The van der Waals surface area contributed by atoms with Crippen LogP contribution in [0, 0.1) is 19.8 Å². The first kappa shape index (κ1) is 13.9. The average molecular weight is 264 g/mol. The van der Waals surface area contributed by atoms with Gasteiger partial charge < -0.3 is 9.84 Å². The molecule has 5 nitrogen and oxygen atoms in total. The van der Waals surface area contributed by atoms with Gasteiger partial charge in [0.1, 0.15) is 5.82 Å². The molecular formula is C14H20N2O3. The molecule has 1 aliphatic heterocycles. The second kappa shape index (κ2) is 5.65. The zero-order chi connectivity index (χ0) is 14.0. The zero-order valence-corrected chi connectivity index (χ0v) is 11.6. The second-order valence-corrected chi connectivity index (χ2v) is 5.22. The molecule has 1 saturated heterocycles. The molecule has 1 aromatic rings. The minimum absolute atomic E-state index is 0.488. The van der Waals surface area contributed by atoms with Gasteiger partial charge in [0.15, 0.2) is 0 Å². The van der Waals surface area contributed by atoms with Gasteiger partial charge in [-0.15, -0.1) is 0 Å². The van der Waals surface area contributed by atoms with E-state index in [1.807, 2.05) is 13.8 Å². The molecule has 0 aromatic carbocycles. The fourth-order valence-electron chi connectivity index (χ4n) is 2.64. The predicted molar refractivity (Wildman–Crippen MR) is 70.2 cm³/mol. The molecule has 2 heterocycles. The van der Waals surface area contributed by atoms with Crippen molar-refractivity contribution in [2.45, 2.75) is 39.5 Å². The van der Waals surface area contributed by atoms with Crippen LogP contribution in [0.3, 0.4) is 0 Å². The standard InChI is InChI=1S/C14H20N2O3/c1-8(14(17)18)13-9(2)15-12(16-10(13)3)6-11-4-5-19-7-11/h8,11H,4-7H2,1-3H3,(H,17,18). The summed E-state index contributed by atoms with van der Waals surface area (Å²) in [5.41, 5.74) is 2.28. The van der Waals surface area contributed by atoms with Crippen LogP contribution in [0.2, 0.25) is 0 Å². The molecule has 1 fully saturated rings. The normalized spacial score (nSPS) is 20.5. The molecule has 0 spiro atoms. The van der Waals surface area contributed by atoms with Gasteiger partial charge in [-0.2, -0.15) is 0 Å². The molecule has 0 radical (unpaired) electrons. The lowest BCUT2D eigenvalue weighted by atomic mass is 9.97. The van der Waals surface area contributed by atoms with Crippen molar-refractivity contribution < 1.29 is 14.6 Å². The van der Waals surface area contributed by atoms with E-state index < -0.39 is 11.9 Å². The van der Waals surface area contributed by atoms with Crippen molar-refractivity contribution in [3.63, 3.8) is 0 Å². The van der Waals surface area contributed by atoms with Crippen molar-refractivity contribution in [3.05, 3.63) is 22.8 Å². The van der Waals surface area contributed by atoms with E-state index in [9.17, 15) is 4.79 Å². The van der Waals surface area contributed by atoms with Crippen LogP contribution in [0.1, 0.15) is 42.0 Å². The Morgan fingerprint density at radius 1 is 1.42 bits per heavy atom. The van der Waals surface area contributed by atoms with Gasteiger partial charge in [-0.05, 0) is 33.1 Å². The van der Waals surface area contributed by atoms with Gasteiger partial charge in [0.2, 0.25) is 0 Å². The van der Waals surface area contributed by atoms with Gasteiger partial charge >= 0.3 is 5.97 Å². The topological polar surface area (TPSA) is 72.3 Å². The Kier molecular flexibility index (Phi) is 4.14. The SMILES string of the molecule is Cc1nc(CC2CCOC2)nc(C)c1C(C)C(=O)O. The molecule has 1 aromatic heterocycles. The Morgan fingerprint density at radius 2 is 2.05 bits per heavy atom. The largest absolute Gasteiger partial charge is 0.481 e. The van der Waals surface area contributed by atoms with Gasteiger partial charge in [-0.25, -0.2) is 9.97 Å². The third-order valence-corrected chi connectivity index (χ3v) is 3.67. The Labute approximate surface area is 113 Å². The Morgan fingerprint density at radius 3 is 2.53 bits per heavy atom. The maximum absolute atomic E-state index is 11.1. The third-order valence-electron chi connectivity index (χ3n) is 3.67. The fraction of sp³-hybridized carbons (Fsp3) is 0.643. The van der Waals surface area contributed by atoms with Crippen molar-refractivity contribution in [1.29, 1.82) is 0 Å². The number of carboxylic acids is 1. The second-order valence-electron chi connectivity index (χ2n) is 5.22. The molecule has 0 aliphatic carbocycles. The Hall–Kier alpha value is -1.49. The number of nitrogens with zero attached hydrogens (tertiary/aromatic N) is 2. The smallest absolute Gasteiger partial charge is 0.310 e. The molecule has 2 rings (SSSR count). The monoisotopic (exact) mass is 264 g/mol. The summed E-state index contributed by atoms with van der Waals surface area (Å²) in [5, 5.41) is 9.11. The predicted octanol–water partition coefficient (Wildman–Crippen LogP) is 1.86. The van der Waals surface area contributed by atoms with Crippen molar-refractivity contribution in [2.75, 3.05) is 13.2 Å². The number of hydrogen-bond acceptors (Lipinski definition) is 4. The summed E-state index contributed by atoms with van der Waals surface area (Å²) in [5.74, 6) is -0.121. The van der Waals surface area contributed by atoms with Gasteiger partial charge in [0.05, 0.1) is 5.92 Å². The van der Waals surface area contributed by atoms with E-state index >= 15 is 0 Å². The number of carboxylic acid groups (broad SMARTS) is 1. The summed E-state index contributed by atoms with van der Waals surface area (Å²) >= 11 is 0. The van der Waals surface area contributed by atoms with Crippen LogP contribution in [0.5, 0.6) is 0 Å². The highest BCUT2D eigenvalue weighted by molar-refractivity contribution is 5.76. The van der Waals surface area contributed by atoms with Gasteiger partial charge in [0.25, 0.3) is 0 Å². The van der Waals surface area contributed by atoms with Crippen LogP contribution in [-0.2, 0) is 16.0 Å². The third kappa shape index (κ3) is 3.10. The Bertz CT molecular complexity index is 459. The van der Waals surface area contributed by atoms with E-state index in [-0.39, 0.29) is 0 Å². The summed E-state index contributed by atoms with van der Waals surface area (Å²) in [6.45, 7) is 6.98. The average Bonchev–Trinajstić information content (AvgIpc) is 2.80. The summed E-state index contributed by atoms with van der Waals surface area (Å²) in [6, 6.07) is 0. The summed E-state index contributed by atoms with van der Waals surface area (Å²) < 4.78 is 5.35. The summed E-state index contributed by atoms with van der Waals surface area (Å²) in [6.07, 6.45) is 1.86. The highest BCUT2D eigenvalue weighted by Crippen LogP contribution is 2.23. The number of rotatable bonds is 4. The molecule has 0 amide bonds. The minimum Gasteiger partial charge on any atom is -0.481 e. The van der Waals surface area contributed by atoms with Crippen LogP contribution in [0.15, 0.2) is 0 Å². The van der Waals surface area contributed by atoms with Crippen molar-refractivity contribution in [3.8, 4) is 0 Å². The number of hydrogen-bond donors (Lipinski definition) is 1. The molecule has 1 N–H and O–H groups in total. The number of aryl methyl sites for hydroxylation is 2. The molecule has 19 heavy (non-hydrogen) atoms. The minimum atomic E-state index is -0.841. The lowest BCUT2D eigenvalue weighted by molar-refractivity contribution is -0.138. The van der Waals surface area contributed by atoms with Crippen LogP contribution in [-0.4, -0.2) is 34.3 Å². The Balaban J connectivity index is 2.23. The van der Waals surface area contributed by atoms with E-state index in [1.165, 1.54) is 0 Å². The molecular weight excluding hydrogens is 244 g/mol. The van der Waals surface area contributed by atoms with Crippen LogP contribution in [0.4, 0.5) is 0 Å². The molecule has 1 aliphatic rings. The van der Waals surface area contributed by atoms with E-state index in [2.05, 4.69) is 9.97 Å². The highest BCUT2D eigenvalue weighted by atomic mass is 16.5. The summed E-state index contributed by atoms with van der Waals surface area (Å²) in [4.78, 5) is 20.0. The molecule has 0 bridgehead atoms. The van der Waals surface area contributed by atoms with Gasteiger partial charge in [0, 0.05) is 36.6 Å². The van der Waals surface area contributed by atoms with Crippen molar-refractivity contribution in [1.82, 2.24) is 9.97 Å². The van der Waals surface area contributed by atoms with Crippen LogP contribution < -0.4 is 0 Å². The molecule has 2 atom stereocenters. The number of ether oxygens (including phenoxy) is 1. The summed E-state index contributed by atoms with van der Waals surface area (Å²) in [7, 11) is 0. The van der Waals surface area contributed by atoms with Gasteiger partial charge in [-0.3, -0.25) is 4.79 Å². The van der Waals surface area contributed by atoms with E-state index in [0.717, 1.165) is 48.8 Å². The molecule has 104 valence electrons. The molecule has 2 unspecified atom stereocenters. The number of aromatic nitrogens is 2. The lowest BCUT2D eigenvalue weighted by Crippen LogP contribution is -2.16. The van der Waals surface area contributed by atoms with E-state index in [1.54, 1.807) is 6.92 Å².